The number of carbonyl (C=O) groups excluding carboxylic acids is 1. The molecule has 2 aromatic rings. The Labute approximate surface area is 195 Å². The van der Waals surface area contributed by atoms with E-state index in [1.54, 1.807) is 0 Å². The van der Waals surface area contributed by atoms with Crippen LogP contribution in [-0.2, 0) is 16.1 Å². The fourth-order valence-corrected chi connectivity index (χ4v) is 4.66. The van der Waals surface area contributed by atoms with Crippen LogP contribution in [0.2, 0.25) is 5.02 Å². The number of rotatable bonds is 7. The maximum absolute atomic E-state index is 11.4. The first-order valence-corrected chi connectivity index (χ1v) is 11.8. The highest BCUT2D eigenvalue weighted by Gasteiger charge is 2.29. The average molecular weight is 458 g/mol. The number of para-hydroxylation sites is 2. The van der Waals surface area contributed by atoms with E-state index in [9.17, 15) is 4.79 Å². The molecule has 0 aromatic heterocycles. The summed E-state index contributed by atoms with van der Waals surface area (Å²) in [6.07, 6.45) is 2.38. The van der Waals surface area contributed by atoms with Crippen LogP contribution in [0.5, 0.6) is 5.75 Å². The number of ether oxygens (including phenoxy) is 2. The van der Waals surface area contributed by atoms with Crippen LogP contribution in [0.25, 0.3) is 0 Å². The summed E-state index contributed by atoms with van der Waals surface area (Å²) in [5, 5.41) is 3.61. The van der Waals surface area contributed by atoms with Gasteiger partial charge in [-0.3, -0.25) is 14.6 Å². The monoisotopic (exact) mass is 457 g/mol. The number of piperidine rings is 1. The van der Waals surface area contributed by atoms with E-state index in [0.717, 1.165) is 44.4 Å². The Kier molecular flexibility index (Phi) is 8.03. The lowest BCUT2D eigenvalue weighted by Crippen LogP contribution is -2.52. The van der Waals surface area contributed by atoms with E-state index >= 15 is 0 Å². The molecule has 2 aromatic carbocycles. The van der Waals surface area contributed by atoms with Crippen molar-refractivity contribution in [2.24, 2.45) is 0 Å². The molecule has 2 aliphatic heterocycles. The quantitative estimate of drug-likeness (QED) is 0.680. The number of halogens is 1. The molecule has 1 N–H and O–H groups in total. The predicted molar refractivity (Wildman–Crippen MR) is 127 cm³/mol. The first-order chi connectivity index (χ1) is 15.6. The lowest BCUT2D eigenvalue weighted by molar-refractivity contribution is -0.114. The zero-order valence-electron chi connectivity index (χ0n) is 18.6. The SMILES string of the molecule is CC(=O)Nc1ccccc1OC[C@H]1CN(C2CCN(Cc3ccc(Cl)cc3)CC2)CCO1. The van der Waals surface area contributed by atoms with Gasteiger partial charge < -0.3 is 14.8 Å². The Morgan fingerprint density at radius 1 is 1.12 bits per heavy atom. The van der Waals surface area contributed by atoms with Crippen LogP contribution in [0.1, 0.15) is 25.3 Å². The molecule has 0 saturated carbocycles. The second-order valence-electron chi connectivity index (χ2n) is 8.61. The third-order valence-corrected chi connectivity index (χ3v) is 6.44. The minimum atomic E-state index is -0.108. The van der Waals surface area contributed by atoms with E-state index in [4.69, 9.17) is 21.1 Å². The van der Waals surface area contributed by atoms with Crippen molar-refractivity contribution in [1.82, 2.24) is 9.80 Å². The van der Waals surface area contributed by atoms with Gasteiger partial charge in [0, 0.05) is 37.6 Å². The normalized spacial score (nSPS) is 20.8. The second kappa shape index (κ2) is 11.1. The van der Waals surface area contributed by atoms with Crippen LogP contribution in [0, 0.1) is 0 Å². The van der Waals surface area contributed by atoms with Gasteiger partial charge in [0.25, 0.3) is 0 Å². The molecule has 2 aliphatic rings. The summed E-state index contributed by atoms with van der Waals surface area (Å²) in [5.41, 5.74) is 2.01. The topological polar surface area (TPSA) is 54.0 Å². The van der Waals surface area contributed by atoms with Crippen molar-refractivity contribution in [3.05, 3.63) is 59.1 Å². The van der Waals surface area contributed by atoms with E-state index in [0.29, 0.717) is 24.1 Å². The van der Waals surface area contributed by atoms with Crippen molar-refractivity contribution >= 4 is 23.2 Å². The van der Waals surface area contributed by atoms with Crippen molar-refractivity contribution < 1.29 is 14.3 Å². The maximum atomic E-state index is 11.4. The van der Waals surface area contributed by atoms with Crippen LogP contribution >= 0.6 is 11.6 Å². The molecule has 32 heavy (non-hydrogen) atoms. The van der Waals surface area contributed by atoms with E-state index < -0.39 is 0 Å². The lowest BCUT2D eigenvalue weighted by atomic mass is 10.0. The summed E-state index contributed by atoms with van der Waals surface area (Å²) < 4.78 is 12.0. The molecule has 2 fully saturated rings. The number of likely N-dealkylation sites (tertiary alicyclic amines) is 1. The van der Waals surface area contributed by atoms with Crippen molar-refractivity contribution in [3.63, 3.8) is 0 Å². The molecule has 0 radical (unpaired) electrons. The maximum Gasteiger partial charge on any atom is 0.221 e. The number of benzene rings is 2. The Morgan fingerprint density at radius 3 is 2.62 bits per heavy atom. The van der Waals surface area contributed by atoms with Crippen LogP contribution < -0.4 is 10.1 Å². The Bertz CT molecular complexity index is 884. The lowest BCUT2D eigenvalue weighted by Gasteiger charge is -2.42. The molecule has 0 bridgehead atoms. The van der Waals surface area contributed by atoms with Gasteiger partial charge in [0.1, 0.15) is 18.5 Å². The van der Waals surface area contributed by atoms with E-state index in [1.165, 1.54) is 25.3 Å². The largest absolute Gasteiger partial charge is 0.489 e. The Hall–Kier alpha value is -2.12. The third kappa shape index (κ3) is 6.45. The van der Waals surface area contributed by atoms with Crippen molar-refractivity contribution in [2.45, 2.75) is 38.5 Å². The number of nitrogens with zero attached hydrogens (tertiary/aromatic N) is 2. The highest BCUT2D eigenvalue weighted by Crippen LogP contribution is 2.25. The molecular formula is C25H32ClN3O3. The second-order valence-corrected chi connectivity index (χ2v) is 9.05. The summed E-state index contributed by atoms with van der Waals surface area (Å²) in [6, 6.07) is 16.3. The molecule has 0 aliphatic carbocycles. The third-order valence-electron chi connectivity index (χ3n) is 6.19. The van der Waals surface area contributed by atoms with Crippen molar-refractivity contribution in [2.75, 3.05) is 44.7 Å². The van der Waals surface area contributed by atoms with Gasteiger partial charge in [-0.25, -0.2) is 0 Å². The number of hydrogen-bond donors (Lipinski definition) is 1. The standard InChI is InChI=1S/C25H32ClN3O3/c1-19(30)27-24-4-2-3-5-25(24)32-18-23-17-29(14-15-31-23)22-10-12-28(13-11-22)16-20-6-8-21(26)9-7-20/h2-9,22-23H,10-18H2,1H3,(H,27,30)/t23-/m1/s1. The highest BCUT2D eigenvalue weighted by molar-refractivity contribution is 6.30. The van der Waals surface area contributed by atoms with Crippen LogP contribution in [-0.4, -0.2) is 67.2 Å². The van der Waals surface area contributed by atoms with Gasteiger partial charge in [0.15, 0.2) is 0 Å². The molecule has 0 unspecified atom stereocenters. The van der Waals surface area contributed by atoms with Crippen LogP contribution in [0.3, 0.4) is 0 Å². The molecule has 4 rings (SSSR count). The van der Waals surface area contributed by atoms with Crippen LogP contribution in [0.15, 0.2) is 48.5 Å². The van der Waals surface area contributed by atoms with E-state index in [2.05, 4.69) is 27.2 Å². The summed E-state index contributed by atoms with van der Waals surface area (Å²) in [6.45, 7) is 7.75. The number of amides is 1. The van der Waals surface area contributed by atoms with Crippen molar-refractivity contribution in [1.29, 1.82) is 0 Å². The summed E-state index contributed by atoms with van der Waals surface area (Å²) in [4.78, 5) is 16.5. The molecule has 1 amide bonds. The minimum absolute atomic E-state index is 0.0289. The Morgan fingerprint density at radius 2 is 1.88 bits per heavy atom. The molecule has 2 heterocycles. The highest BCUT2D eigenvalue weighted by atomic mass is 35.5. The summed E-state index contributed by atoms with van der Waals surface area (Å²) in [7, 11) is 0. The molecule has 1 atom stereocenters. The van der Waals surface area contributed by atoms with Gasteiger partial charge in [0.2, 0.25) is 5.91 Å². The van der Waals surface area contributed by atoms with Gasteiger partial charge in [-0.15, -0.1) is 0 Å². The van der Waals surface area contributed by atoms with Crippen molar-refractivity contribution in [3.8, 4) is 5.75 Å². The summed E-state index contributed by atoms with van der Waals surface area (Å²) >= 11 is 6.00. The molecule has 2 saturated heterocycles. The van der Waals surface area contributed by atoms with Crippen LogP contribution in [0.4, 0.5) is 5.69 Å². The smallest absolute Gasteiger partial charge is 0.221 e. The number of hydrogen-bond acceptors (Lipinski definition) is 5. The zero-order chi connectivity index (χ0) is 22.3. The fourth-order valence-electron chi connectivity index (χ4n) is 4.53. The fraction of sp³-hybridized carbons (Fsp3) is 0.480. The molecule has 7 heteroatoms. The minimum Gasteiger partial charge on any atom is -0.489 e. The number of nitrogens with one attached hydrogen (secondary N) is 1. The number of carbonyl (C=O) groups is 1. The first kappa shape index (κ1) is 23.1. The number of anilines is 1. The van der Waals surface area contributed by atoms with Gasteiger partial charge in [0.05, 0.1) is 12.3 Å². The van der Waals surface area contributed by atoms with Gasteiger partial charge >= 0.3 is 0 Å². The van der Waals surface area contributed by atoms with E-state index in [1.807, 2.05) is 36.4 Å². The number of morpholine rings is 1. The molecule has 0 spiro atoms. The zero-order valence-corrected chi connectivity index (χ0v) is 19.4. The Balaban J connectivity index is 1.24. The van der Waals surface area contributed by atoms with Gasteiger partial charge in [-0.1, -0.05) is 35.9 Å². The van der Waals surface area contributed by atoms with E-state index in [-0.39, 0.29) is 12.0 Å². The van der Waals surface area contributed by atoms with Gasteiger partial charge in [-0.2, -0.15) is 0 Å². The summed E-state index contributed by atoms with van der Waals surface area (Å²) in [5.74, 6) is 0.572. The molecular weight excluding hydrogens is 426 g/mol. The molecule has 172 valence electrons. The first-order valence-electron chi connectivity index (χ1n) is 11.4. The average Bonchev–Trinajstić information content (AvgIpc) is 2.80. The molecule has 6 nitrogen and oxygen atoms in total. The predicted octanol–water partition coefficient (Wildman–Crippen LogP) is 4.04. The van der Waals surface area contributed by atoms with Gasteiger partial charge in [-0.05, 0) is 55.8 Å².